The second-order valence-corrected chi connectivity index (χ2v) is 8.01. The first kappa shape index (κ1) is 28.9. The molecule has 1 aliphatic rings. The van der Waals surface area contributed by atoms with E-state index in [2.05, 4.69) is 16.5 Å². The van der Waals surface area contributed by atoms with Gasteiger partial charge in [-0.25, -0.2) is 0 Å². The van der Waals surface area contributed by atoms with Crippen molar-refractivity contribution in [2.45, 2.75) is 79.5 Å². The van der Waals surface area contributed by atoms with Crippen molar-refractivity contribution in [1.82, 2.24) is 15.4 Å². The van der Waals surface area contributed by atoms with Gasteiger partial charge < -0.3 is 19.8 Å². The van der Waals surface area contributed by atoms with Crippen LogP contribution in [-0.4, -0.2) is 45.7 Å². The second-order valence-electron chi connectivity index (χ2n) is 8.01. The van der Waals surface area contributed by atoms with Crippen molar-refractivity contribution in [2.75, 3.05) is 6.54 Å². The number of aryl methyl sites for hydroxylation is 1. The van der Waals surface area contributed by atoms with Crippen LogP contribution in [0.5, 0.6) is 0 Å². The first-order chi connectivity index (χ1) is 16.3. The maximum atomic E-state index is 13.3. The first-order valence-electron chi connectivity index (χ1n) is 12.0. The van der Waals surface area contributed by atoms with Crippen molar-refractivity contribution in [3.05, 3.63) is 52.9 Å². The summed E-state index contributed by atoms with van der Waals surface area (Å²) in [5, 5.41) is 25.7. The molecule has 1 aromatic carbocycles. The highest BCUT2D eigenvalue weighted by atomic mass is 16.5. The molecule has 1 fully saturated rings. The molecule has 0 radical (unpaired) electrons. The zero-order valence-corrected chi connectivity index (χ0v) is 21.3. The standard InChI is InChI=1S/C22H26N4O4.2C2H6/c1-13(2)20(19-8-14(3)25-30-19)22(29)26-12-17(27)9-18(26)21(28)24-11-16-6-4-15(10-23)5-7-16;2*1-2/h4-8,13,17-18,20,27H,9,11-12H2,1-3H3,(H,24,28);2*1-2H3. The van der Waals surface area contributed by atoms with E-state index in [1.165, 1.54) is 4.90 Å². The number of nitrogens with zero attached hydrogens (tertiary/aromatic N) is 3. The number of aliphatic hydroxyl groups is 1. The summed E-state index contributed by atoms with van der Waals surface area (Å²) in [5.74, 6) is -0.752. The first-order valence-corrected chi connectivity index (χ1v) is 12.0. The summed E-state index contributed by atoms with van der Waals surface area (Å²) >= 11 is 0. The van der Waals surface area contributed by atoms with Gasteiger partial charge in [0.15, 0.2) is 0 Å². The van der Waals surface area contributed by atoms with E-state index < -0.39 is 18.1 Å². The van der Waals surface area contributed by atoms with Crippen LogP contribution in [0.3, 0.4) is 0 Å². The lowest BCUT2D eigenvalue weighted by molar-refractivity contribution is -0.141. The van der Waals surface area contributed by atoms with Crippen LogP contribution in [0.4, 0.5) is 0 Å². The van der Waals surface area contributed by atoms with Gasteiger partial charge in [0.1, 0.15) is 17.7 Å². The molecular formula is C26H38N4O4. The summed E-state index contributed by atoms with van der Waals surface area (Å²) in [6, 6.07) is 9.94. The summed E-state index contributed by atoms with van der Waals surface area (Å²) in [5.41, 5.74) is 2.07. The van der Waals surface area contributed by atoms with Crippen molar-refractivity contribution in [2.24, 2.45) is 5.92 Å². The Morgan fingerprint density at radius 3 is 2.35 bits per heavy atom. The Kier molecular flexibility index (Phi) is 12.0. The fraction of sp³-hybridized carbons (Fsp3) is 0.538. The van der Waals surface area contributed by atoms with Gasteiger partial charge in [-0.1, -0.05) is 58.8 Å². The second kappa shape index (κ2) is 14.2. The summed E-state index contributed by atoms with van der Waals surface area (Å²) < 4.78 is 5.33. The molecule has 0 saturated carbocycles. The number of amides is 2. The molecule has 186 valence electrons. The van der Waals surface area contributed by atoms with Crippen LogP contribution in [0.2, 0.25) is 0 Å². The number of aromatic nitrogens is 1. The predicted octanol–water partition coefficient (Wildman–Crippen LogP) is 3.92. The number of carbonyl (C=O) groups is 2. The molecule has 1 aliphatic heterocycles. The number of hydrogen-bond donors (Lipinski definition) is 2. The van der Waals surface area contributed by atoms with Gasteiger partial charge in [0.25, 0.3) is 0 Å². The molecule has 1 saturated heterocycles. The van der Waals surface area contributed by atoms with Gasteiger partial charge >= 0.3 is 0 Å². The number of nitrogens with one attached hydrogen (secondary N) is 1. The van der Waals surface area contributed by atoms with Gasteiger partial charge in [0, 0.05) is 25.6 Å². The van der Waals surface area contributed by atoms with Gasteiger partial charge in [-0.05, 0) is 30.5 Å². The van der Waals surface area contributed by atoms with Crippen molar-refractivity contribution in [3.63, 3.8) is 0 Å². The molecule has 2 heterocycles. The predicted molar refractivity (Wildman–Crippen MR) is 131 cm³/mol. The molecule has 0 bridgehead atoms. The van der Waals surface area contributed by atoms with Crippen LogP contribution in [0.15, 0.2) is 34.9 Å². The third-order valence-electron chi connectivity index (χ3n) is 5.30. The molecular weight excluding hydrogens is 432 g/mol. The summed E-state index contributed by atoms with van der Waals surface area (Å²) in [6.45, 7) is 14.0. The van der Waals surface area contributed by atoms with E-state index in [1.807, 2.05) is 41.5 Å². The quantitative estimate of drug-likeness (QED) is 0.660. The van der Waals surface area contributed by atoms with E-state index in [9.17, 15) is 14.7 Å². The normalized spacial score (nSPS) is 17.6. The minimum Gasteiger partial charge on any atom is -0.391 e. The molecule has 8 heteroatoms. The van der Waals surface area contributed by atoms with Gasteiger partial charge in [-0.2, -0.15) is 5.26 Å². The number of carbonyl (C=O) groups excluding carboxylic acids is 2. The number of aliphatic hydroxyl groups excluding tert-OH is 1. The largest absolute Gasteiger partial charge is 0.391 e. The Hall–Kier alpha value is -3.18. The SMILES string of the molecule is CC.CC.Cc1cc(C(C(=O)N2CC(O)CC2C(=O)NCc2ccc(C#N)cc2)C(C)C)on1. The molecule has 1 aromatic heterocycles. The van der Waals surface area contributed by atoms with Crippen LogP contribution in [0.1, 0.15) is 76.5 Å². The van der Waals surface area contributed by atoms with E-state index in [0.29, 0.717) is 17.0 Å². The van der Waals surface area contributed by atoms with Crippen LogP contribution < -0.4 is 5.32 Å². The van der Waals surface area contributed by atoms with Crippen molar-refractivity contribution < 1.29 is 19.2 Å². The summed E-state index contributed by atoms with van der Waals surface area (Å²) in [6.07, 6.45) is -0.575. The van der Waals surface area contributed by atoms with E-state index in [4.69, 9.17) is 9.78 Å². The highest BCUT2D eigenvalue weighted by Gasteiger charge is 2.43. The van der Waals surface area contributed by atoms with Crippen molar-refractivity contribution >= 4 is 11.8 Å². The lowest BCUT2D eigenvalue weighted by Crippen LogP contribution is -2.48. The average Bonchev–Trinajstić information content (AvgIpc) is 3.45. The zero-order chi connectivity index (χ0) is 25.8. The lowest BCUT2D eigenvalue weighted by atomic mass is 9.91. The maximum absolute atomic E-state index is 13.3. The molecule has 3 unspecified atom stereocenters. The Labute approximate surface area is 202 Å². The van der Waals surface area contributed by atoms with Crippen molar-refractivity contribution in [3.8, 4) is 6.07 Å². The van der Waals surface area contributed by atoms with Gasteiger partial charge in [-0.3, -0.25) is 9.59 Å². The molecule has 0 spiro atoms. The molecule has 2 N–H and O–H groups in total. The third kappa shape index (κ3) is 7.42. The van der Waals surface area contributed by atoms with Crippen LogP contribution in [-0.2, 0) is 16.1 Å². The van der Waals surface area contributed by atoms with E-state index in [0.717, 1.165) is 5.56 Å². The fourth-order valence-corrected chi connectivity index (χ4v) is 3.75. The average molecular weight is 471 g/mol. The highest BCUT2D eigenvalue weighted by Crippen LogP contribution is 2.31. The molecule has 2 amide bonds. The molecule has 8 nitrogen and oxygen atoms in total. The maximum Gasteiger partial charge on any atom is 0.243 e. The highest BCUT2D eigenvalue weighted by molar-refractivity contribution is 5.91. The number of β-amino-alcohol motifs (C(OH)–C–C–N with tert-alkyl or cyclic N) is 1. The van der Waals surface area contributed by atoms with Gasteiger partial charge in [0.2, 0.25) is 11.8 Å². The Morgan fingerprint density at radius 2 is 1.85 bits per heavy atom. The molecule has 3 atom stereocenters. The van der Waals surface area contributed by atoms with Crippen LogP contribution in [0.25, 0.3) is 0 Å². The van der Waals surface area contributed by atoms with E-state index in [-0.39, 0.29) is 37.2 Å². The molecule has 2 aromatic rings. The van der Waals surface area contributed by atoms with E-state index >= 15 is 0 Å². The Morgan fingerprint density at radius 1 is 1.24 bits per heavy atom. The summed E-state index contributed by atoms with van der Waals surface area (Å²) in [4.78, 5) is 27.6. The Bertz CT molecular complexity index is 946. The summed E-state index contributed by atoms with van der Waals surface area (Å²) in [7, 11) is 0. The zero-order valence-electron chi connectivity index (χ0n) is 21.3. The van der Waals surface area contributed by atoms with Crippen molar-refractivity contribution in [1.29, 1.82) is 5.26 Å². The minimum absolute atomic E-state index is 0.0649. The third-order valence-corrected chi connectivity index (χ3v) is 5.30. The monoisotopic (exact) mass is 470 g/mol. The molecule has 3 rings (SSSR count). The number of rotatable bonds is 6. The lowest BCUT2D eigenvalue weighted by Gasteiger charge is -2.28. The fourth-order valence-electron chi connectivity index (χ4n) is 3.75. The smallest absolute Gasteiger partial charge is 0.243 e. The van der Waals surface area contributed by atoms with Crippen LogP contribution >= 0.6 is 0 Å². The topological polar surface area (TPSA) is 119 Å². The Balaban J connectivity index is 0.00000137. The number of benzene rings is 1. The minimum atomic E-state index is -0.760. The molecule has 34 heavy (non-hydrogen) atoms. The number of likely N-dealkylation sites (tertiary alicyclic amines) is 1. The van der Waals surface area contributed by atoms with Crippen LogP contribution in [0, 0.1) is 24.2 Å². The van der Waals surface area contributed by atoms with Gasteiger partial charge in [-0.15, -0.1) is 0 Å². The number of nitriles is 1. The number of hydrogen-bond acceptors (Lipinski definition) is 6. The van der Waals surface area contributed by atoms with E-state index in [1.54, 1.807) is 37.3 Å². The van der Waals surface area contributed by atoms with Gasteiger partial charge in [0.05, 0.1) is 23.4 Å². The molecule has 0 aliphatic carbocycles.